The number of pyridine rings is 1. The predicted octanol–water partition coefficient (Wildman–Crippen LogP) is 1.87. The number of ether oxygens (including phenoxy) is 1. The van der Waals surface area contributed by atoms with E-state index in [1.807, 2.05) is 18.5 Å². The Balaban J connectivity index is 1.75. The molecule has 0 amide bonds. The summed E-state index contributed by atoms with van der Waals surface area (Å²) in [5.74, 6) is 1.05. The van der Waals surface area contributed by atoms with Gasteiger partial charge in [-0.2, -0.15) is 0 Å². The van der Waals surface area contributed by atoms with E-state index in [1.54, 1.807) is 0 Å². The van der Waals surface area contributed by atoms with Gasteiger partial charge in [0, 0.05) is 37.1 Å². The molecule has 2 aliphatic rings. The summed E-state index contributed by atoms with van der Waals surface area (Å²) >= 11 is 0. The zero-order chi connectivity index (χ0) is 11.2. The van der Waals surface area contributed by atoms with E-state index < -0.39 is 0 Å². The average molecular weight is 218 g/mol. The summed E-state index contributed by atoms with van der Waals surface area (Å²) in [6.07, 6.45) is 5.99. The first-order valence-corrected chi connectivity index (χ1v) is 6.04. The van der Waals surface area contributed by atoms with Gasteiger partial charge >= 0.3 is 0 Å². The lowest BCUT2D eigenvalue weighted by molar-refractivity contribution is -0.102. The van der Waals surface area contributed by atoms with Gasteiger partial charge in [0.25, 0.3) is 0 Å². The monoisotopic (exact) mass is 218 g/mol. The maximum absolute atomic E-state index is 6.15. The van der Waals surface area contributed by atoms with Gasteiger partial charge in [0.2, 0.25) is 0 Å². The van der Waals surface area contributed by atoms with Crippen LogP contribution < -0.4 is 4.74 Å². The van der Waals surface area contributed by atoms with E-state index in [9.17, 15) is 0 Å². The van der Waals surface area contributed by atoms with Gasteiger partial charge in [-0.05, 0) is 32.8 Å². The molecule has 1 aromatic rings. The highest BCUT2D eigenvalue weighted by atomic mass is 16.5. The van der Waals surface area contributed by atoms with Crippen molar-refractivity contribution in [2.24, 2.45) is 0 Å². The Kier molecular flexibility index (Phi) is 2.18. The summed E-state index contributed by atoms with van der Waals surface area (Å²) in [6, 6.07) is 2.63. The minimum Gasteiger partial charge on any atom is -0.484 e. The van der Waals surface area contributed by atoms with Crippen molar-refractivity contribution in [1.82, 2.24) is 9.88 Å². The number of fused-ring (bicyclic) bond motifs is 1. The van der Waals surface area contributed by atoms with Crippen molar-refractivity contribution in [3.05, 3.63) is 24.0 Å². The van der Waals surface area contributed by atoms with Crippen molar-refractivity contribution in [2.45, 2.75) is 38.3 Å². The maximum Gasteiger partial charge on any atom is 0.135 e. The molecule has 2 aliphatic heterocycles. The molecule has 3 heterocycles. The van der Waals surface area contributed by atoms with Crippen molar-refractivity contribution in [3.8, 4) is 5.75 Å². The predicted molar refractivity (Wildman–Crippen MR) is 62.6 cm³/mol. The fourth-order valence-corrected chi connectivity index (χ4v) is 2.63. The zero-order valence-corrected chi connectivity index (χ0v) is 9.94. The molecule has 3 rings (SSSR count). The second-order valence-corrected chi connectivity index (χ2v) is 5.27. The van der Waals surface area contributed by atoms with E-state index >= 15 is 0 Å². The molecule has 16 heavy (non-hydrogen) atoms. The number of nitrogens with zero attached hydrogens (tertiary/aromatic N) is 2. The Bertz CT molecular complexity index is 397. The van der Waals surface area contributed by atoms with Crippen LogP contribution in [0.15, 0.2) is 18.5 Å². The summed E-state index contributed by atoms with van der Waals surface area (Å²) in [4.78, 5) is 6.61. The molecule has 0 N–H and O–H groups in total. The second kappa shape index (κ2) is 3.45. The van der Waals surface area contributed by atoms with Crippen molar-refractivity contribution in [1.29, 1.82) is 0 Å². The van der Waals surface area contributed by atoms with E-state index in [0.717, 1.165) is 31.7 Å². The molecular formula is C13H18N2O. The number of likely N-dealkylation sites (tertiary alicyclic amines) is 1. The van der Waals surface area contributed by atoms with Crippen LogP contribution in [-0.4, -0.2) is 34.6 Å². The third-order valence-electron chi connectivity index (χ3n) is 3.75. The molecule has 1 aromatic heterocycles. The lowest BCUT2D eigenvalue weighted by Gasteiger charge is -2.53. The first kappa shape index (κ1) is 10.1. The molecule has 86 valence electrons. The van der Waals surface area contributed by atoms with Crippen LogP contribution in [0.4, 0.5) is 0 Å². The smallest absolute Gasteiger partial charge is 0.135 e. The number of rotatable bonds is 1. The Morgan fingerprint density at radius 3 is 3.00 bits per heavy atom. The van der Waals surface area contributed by atoms with Crippen molar-refractivity contribution >= 4 is 0 Å². The Morgan fingerprint density at radius 1 is 1.44 bits per heavy atom. The van der Waals surface area contributed by atoms with Gasteiger partial charge in [0.15, 0.2) is 0 Å². The first-order chi connectivity index (χ1) is 7.69. The van der Waals surface area contributed by atoms with Gasteiger partial charge in [-0.3, -0.25) is 9.88 Å². The molecule has 0 aliphatic carbocycles. The zero-order valence-electron chi connectivity index (χ0n) is 9.94. The third kappa shape index (κ3) is 1.50. The second-order valence-electron chi connectivity index (χ2n) is 5.27. The molecule has 0 aromatic carbocycles. The number of hydrogen-bond donors (Lipinski definition) is 0. The normalized spacial score (nSPS) is 22.7. The maximum atomic E-state index is 6.15. The lowest BCUT2D eigenvalue weighted by Crippen LogP contribution is -2.67. The van der Waals surface area contributed by atoms with Crippen molar-refractivity contribution < 1.29 is 4.74 Å². The molecular weight excluding hydrogens is 200 g/mol. The molecule has 0 saturated carbocycles. The highest BCUT2D eigenvalue weighted by Gasteiger charge is 2.47. The van der Waals surface area contributed by atoms with E-state index in [-0.39, 0.29) is 5.60 Å². The van der Waals surface area contributed by atoms with Crippen LogP contribution in [0.25, 0.3) is 0 Å². The third-order valence-corrected chi connectivity index (χ3v) is 3.75. The number of hydrogen-bond acceptors (Lipinski definition) is 3. The minimum atomic E-state index is 0.0959. The van der Waals surface area contributed by atoms with E-state index in [1.165, 1.54) is 5.56 Å². The van der Waals surface area contributed by atoms with Crippen LogP contribution in [0.1, 0.15) is 25.8 Å². The molecule has 3 heteroatoms. The standard InChI is InChI=1S/C13H18N2O/c1-10(2)15-8-13(9-15)5-3-11-7-14-6-4-12(11)16-13/h4,6-7,10H,3,5,8-9H2,1-2H3. The molecule has 1 fully saturated rings. The summed E-state index contributed by atoms with van der Waals surface area (Å²) in [5.41, 5.74) is 1.36. The van der Waals surface area contributed by atoms with E-state index in [2.05, 4.69) is 23.7 Å². The average Bonchev–Trinajstić information content (AvgIpc) is 2.25. The van der Waals surface area contributed by atoms with Gasteiger partial charge in [-0.25, -0.2) is 0 Å². The molecule has 0 atom stereocenters. The molecule has 1 spiro atoms. The summed E-state index contributed by atoms with van der Waals surface area (Å²) in [5, 5.41) is 0. The van der Waals surface area contributed by atoms with Crippen molar-refractivity contribution in [3.63, 3.8) is 0 Å². The van der Waals surface area contributed by atoms with E-state index in [0.29, 0.717) is 6.04 Å². The summed E-state index contributed by atoms with van der Waals surface area (Å²) in [7, 11) is 0. The Labute approximate surface area is 96.4 Å². The lowest BCUT2D eigenvalue weighted by atomic mass is 9.84. The largest absolute Gasteiger partial charge is 0.484 e. The van der Waals surface area contributed by atoms with Gasteiger partial charge in [0.05, 0.1) is 0 Å². The van der Waals surface area contributed by atoms with E-state index in [4.69, 9.17) is 4.74 Å². The highest BCUT2D eigenvalue weighted by Crippen LogP contribution is 2.38. The Morgan fingerprint density at radius 2 is 2.25 bits per heavy atom. The van der Waals surface area contributed by atoms with Crippen LogP contribution in [0.2, 0.25) is 0 Å². The van der Waals surface area contributed by atoms with Crippen LogP contribution in [0.3, 0.4) is 0 Å². The summed E-state index contributed by atoms with van der Waals surface area (Å²) in [6.45, 7) is 6.64. The molecule has 3 nitrogen and oxygen atoms in total. The number of aromatic nitrogens is 1. The summed E-state index contributed by atoms with van der Waals surface area (Å²) < 4.78 is 6.15. The van der Waals surface area contributed by atoms with Gasteiger partial charge < -0.3 is 4.74 Å². The molecule has 1 saturated heterocycles. The van der Waals surface area contributed by atoms with Crippen LogP contribution in [-0.2, 0) is 6.42 Å². The van der Waals surface area contributed by atoms with Crippen LogP contribution in [0, 0.1) is 0 Å². The van der Waals surface area contributed by atoms with Crippen LogP contribution in [0.5, 0.6) is 5.75 Å². The van der Waals surface area contributed by atoms with Gasteiger partial charge in [-0.1, -0.05) is 0 Å². The van der Waals surface area contributed by atoms with Crippen molar-refractivity contribution in [2.75, 3.05) is 13.1 Å². The fourth-order valence-electron chi connectivity index (χ4n) is 2.63. The molecule has 0 radical (unpaired) electrons. The number of aryl methyl sites for hydroxylation is 1. The van der Waals surface area contributed by atoms with Gasteiger partial charge in [-0.15, -0.1) is 0 Å². The van der Waals surface area contributed by atoms with Gasteiger partial charge in [0.1, 0.15) is 11.4 Å². The topological polar surface area (TPSA) is 25.4 Å². The first-order valence-electron chi connectivity index (χ1n) is 6.04. The fraction of sp³-hybridized carbons (Fsp3) is 0.615. The molecule has 0 bridgehead atoms. The highest BCUT2D eigenvalue weighted by molar-refractivity contribution is 5.34. The Hall–Kier alpha value is -1.09. The SMILES string of the molecule is CC(C)N1CC2(CCc3cnccc3O2)C1. The molecule has 0 unspecified atom stereocenters. The quantitative estimate of drug-likeness (QED) is 0.719. The minimum absolute atomic E-state index is 0.0959. The van der Waals surface area contributed by atoms with Crippen LogP contribution >= 0.6 is 0 Å².